The zero-order valence-corrected chi connectivity index (χ0v) is 11.6. The van der Waals surface area contributed by atoms with Crippen LogP contribution in [0.1, 0.15) is 33.1 Å². The highest BCUT2D eigenvalue weighted by molar-refractivity contribution is 7.99. The van der Waals surface area contributed by atoms with E-state index < -0.39 is 15.3 Å². The van der Waals surface area contributed by atoms with Gasteiger partial charge in [-0.05, 0) is 31.9 Å². The summed E-state index contributed by atoms with van der Waals surface area (Å²) in [5.41, 5.74) is 5.38. The number of rotatable bonds is 6. The second-order valence-electron chi connectivity index (χ2n) is 4.30. The fourth-order valence-corrected chi connectivity index (χ4v) is 4.22. The maximum absolute atomic E-state index is 11.8. The summed E-state index contributed by atoms with van der Waals surface area (Å²) in [5.74, 6) is 1.10. The van der Waals surface area contributed by atoms with E-state index >= 15 is 0 Å². The van der Waals surface area contributed by atoms with E-state index in [1.807, 2.05) is 11.8 Å². The number of nitrogens with one attached hydrogen (secondary N) is 1. The Morgan fingerprint density at radius 2 is 2.19 bits per heavy atom. The molecule has 6 heteroatoms. The minimum absolute atomic E-state index is 0.114. The van der Waals surface area contributed by atoms with Gasteiger partial charge < -0.3 is 5.73 Å². The molecule has 1 aliphatic carbocycles. The highest BCUT2D eigenvalue weighted by atomic mass is 32.2. The molecule has 0 aromatic rings. The van der Waals surface area contributed by atoms with Crippen LogP contribution in [-0.4, -0.2) is 37.3 Å². The topological polar surface area (TPSA) is 72.2 Å². The Labute approximate surface area is 103 Å². The first kappa shape index (κ1) is 14.3. The Balaban J connectivity index is 2.45. The standard InChI is InChI=1S/C10H22N2O2S2/c1-3-15-10-5-4-9(6-10)12-16(13,14)8(2)7-11/h8-10,12H,3-7,11H2,1-2H3. The van der Waals surface area contributed by atoms with Crippen molar-refractivity contribution in [1.29, 1.82) is 0 Å². The van der Waals surface area contributed by atoms with E-state index in [0.29, 0.717) is 5.25 Å². The van der Waals surface area contributed by atoms with Gasteiger partial charge in [0.2, 0.25) is 10.0 Å². The predicted molar refractivity (Wildman–Crippen MR) is 70.1 cm³/mol. The van der Waals surface area contributed by atoms with Crippen LogP contribution >= 0.6 is 11.8 Å². The van der Waals surface area contributed by atoms with Gasteiger partial charge in [-0.2, -0.15) is 11.8 Å². The van der Waals surface area contributed by atoms with Gasteiger partial charge in [0.1, 0.15) is 0 Å². The van der Waals surface area contributed by atoms with Gasteiger partial charge in [-0.3, -0.25) is 0 Å². The Morgan fingerprint density at radius 3 is 2.75 bits per heavy atom. The van der Waals surface area contributed by atoms with E-state index in [9.17, 15) is 8.42 Å². The average molecular weight is 266 g/mol. The summed E-state index contributed by atoms with van der Waals surface area (Å²) in [4.78, 5) is 0. The molecule has 1 aliphatic rings. The third kappa shape index (κ3) is 3.91. The molecule has 0 bridgehead atoms. The third-order valence-corrected chi connectivity index (χ3v) is 6.13. The molecule has 1 rings (SSSR count). The van der Waals surface area contributed by atoms with Crippen LogP contribution in [0.2, 0.25) is 0 Å². The highest BCUT2D eigenvalue weighted by Crippen LogP contribution is 2.30. The molecular weight excluding hydrogens is 244 g/mol. The van der Waals surface area contributed by atoms with E-state index in [1.165, 1.54) is 0 Å². The van der Waals surface area contributed by atoms with Crippen molar-refractivity contribution < 1.29 is 8.42 Å². The number of hydrogen-bond acceptors (Lipinski definition) is 4. The maximum Gasteiger partial charge on any atom is 0.215 e. The van der Waals surface area contributed by atoms with Crippen LogP contribution in [0, 0.1) is 0 Å². The summed E-state index contributed by atoms with van der Waals surface area (Å²) >= 11 is 1.92. The predicted octanol–water partition coefficient (Wildman–Crippen LogP) is 0.927. The van der Waals surface area contributed by atoms with Crippen LogP contribution in [0.25, 0.3) is 0 Å². The lowest BCUT2D eigenvalue weighted by molar-refractivity contribution is 0.542. The summed E-state index contributed by atoms with van der Waals surface area (Å²) < 4.78 is 26.3. The zero-order valence-electron chi connectivity index (χ0n) is 9.98. The molecule has 0 aliphatic heterocycles. The van der Waals surface area contributed by atoms with Crippen molar-refractivity contribution in [3.05, 3.63) is 0 Å². The van der Waals surface area contributed by atoms with E-state index in [1.54, 1.807) is 6.92 Å². The minimum Gasteiger partial charge on any atom is -0.329 e. The zero-order chi connectivity index (χ0) is 12.2. The fraction of sp³-hybridized carbons (Fsp3) is 1.00. The smallest absolute Gasteiger partial charge is 0.215 e. The molecule has 0 spiro atoms. The quantitative estimate of drug-likeness (QED) is 0.750. The first-order chi connectivity index (χ1) is 7.49. The van der Waals surface area contributed by atoms with Crippen molar-refractivity contribution in [3.8, 4) is 0 Å². The van der Waals surface area contributed by atoms with Gasteiger partial charge in [-0.15, -0.1) is 0 Å². The first-order valence-corrected chi connectivity index (χ1v) is 8.42. The molecule has 1 fully saturated rings. The van der Waals surface area contributed by atoms with Gasteiger partial charge in [0.25, 0.3) is 0 Å². The SMILES string of the molecule is CCSC1CCC(NS(=O)(=O)C(C)CN)C1. The molecule has 0 heterocycles. The molecule has 4 nitrogen and oxygen atoms in total. The van der Waals surface area contributed by atoms with Gasteiger partial charge in [0.15, 0.2) is 0 Å². The van der Waals surface area contributed by atoms with Crippen LogP contribution in [0.15, 0.2) is 0 Å². The second-order valence-corrected chi connectivity index (χ2v) is 8.00. The Hall–Kier alpha value is 0.220. The van der Waals surface area contributed by atoms with E-state index in [-0.39, 0.29) is 12.6 Å². The van der Waals surface area contributed by atoms with Crippen molar-refractivity contribution in [1.82, 2.24) is 4.72 Å². The molecule has 0 aromatic heterocycles. The monoisotopic (exact) mass is 266 g/mol. The van der Waals surface area contributed by atoms with Crippen LogP contribution in [0.3, 0.4) is 0 Å². The van der Waals surface area contributed by atoms with E-state index in [2.05, 4.69) is 11.6 Å². The van der Waals surface area contributed by atoms with Crippen LogP contribution in [-0.2, 0) is 10.0 Å². The van der Waals surface area contributed by atoms with Crippen molar-refractivity contribution in [2.45, 2.75) is 49.7 Å². The summed E-state index contributed by atoms with van der Waals surface area (Å²) in [6.45, 7) is 3.96. The van der Waals surface area contributed by atoms with Gasteiger partial charge in [-0.1, -0.05) is 6.92 Å². The number of sulfonamides is 1. The summed E-state index contributed by atoms with van der Waals surface area (Å²) in [6, 6.07) is 0.114. The lowest BCUT2D eigenvalue weighted by Gasteiger charge is -2.16. The lowest BCUT2D eigenvalue weighted by Crippen LogP contribution is -2.41. The van der Waals surface area contributed by atoms with Crippen molar-refractivity contribution >= 4 is 21.8 Å². The van der Waals surface area contributed by atoms with Gasteiger partial charge in [0.05, 0.1) is 5.25 Å². The normalized spacial score (nSPS) is 28.2. The number of thioether (sulfide) groups is 1. The van der Waals surface area contributed by atoms with Crippen molar-refractivity contribution in [2.75, 3.05) is 12.3 Å². The summed E-state index contributed by atoms with van der Waals surface area (Å²) in [7, 11) is -3.22. The summed E-state index contributed by atoms with van der Waals surface area (Å²) in [6.07, 6.45) is 3.02. The van der Waals surface area contributed by atoms with Gasteiger partial charge >= 0.3 is 0 Å². The van der Waals surface area contributed by atoms with E-state index in [0.717, 1.165) is 25.0 Å². The summed E-state index contributed by atoms with van der Waals surface area (Å²) in [5, 5.41) is 0.122. The van der Waals surface area contributed by atoms with Crippen molar-refractivity contribution in [2.24, 2.45) is 5.73 Å². The first-order valence-electron chi connectivity index (χ1n) is 5.82. The Kier molecular flexibility index (Phi) is 5.56. The van der Waals surface area contributed by atoms with Gasteiger partial charge in [-0.25, -0.2) is 13.1 Å². The van der Waals surface area contributed by atoms with Crippen LogP contribution in [0.4, 0.5) is 0 Å². The molecule has 96 valence electrons. The molecule has 3 N–H and O–H groups in total. The van der Waals surface area contributed by atoms with Gasteiger partial charge in [0, 0.05) is 17.8 Å². The number of nitrogens with two attached hydrogens (primary N) is 1. The molecule has 16 heavy (non-hydrogen) atoms. The largest absolute Gasteiger partial charge is 0.329 e. The highest BCUT2D eigenvalue weighted by Gasteiger charge is 2.29. The van der Waals surface area contributed by atoms with E-state index in [4.69, 9.17) is 5.73 Å². The molecule has 0 amide bonds. The average Bonchev–Trinajstić information content (AvgIpc) is 2.64. The van der Waals surface area contributed by atoms with Crippen LogP contribution in [0.5, 0.6) is 0 Å². The number of hydrogen-bond donors (Lipinski definition) is 2. The third-order valence-electron chi connectivity index (χ3n) is 2.98. The molecule has 3 unspecified atom stereocenters. The Morgan fingerprint density at radius 1 is 1.50 bits per heavy atom. The molecule has 0 saturated heterocycles. The molecule has 0 aromatic carbocycles. The van der Waals surface area contributed by atoms with Crippen molar-refractivity contribution in [3.63, 3.8) is 0 Å². The Bertz CT molecular complexity index is 306. The lowest BCUT2D eigenvalue weighted by atomic mass is 10.3. The maximum atomic E-state index is 11.8. The minimum atomic E-state index is -3.22. The molecule has 3 atom stereocenters. The van der Waals surface area contributed by atoms with Crippen LogP contribution < -0.4 is 10.5 Å². The molecular formula is C10H22N2O2S2. The molecule has 0 radical (unpaired) electrons. The second kappa shape index (κ2) is 6.23. The molecule has 1 saturated carbocycles. The fourth-order valence-electron chi connectivity index (χ4n) is 1.91.